The number of halogens is 4. The standard InChI is InChI=1S/C28H31ClF3N3O4/c1-38-16-24(19-7-3-17(4-8-19)13-25(36)39-2)34-27(37)21-11-12-23(29)26-22(21)14-33-35(26)15-18-5-9-20(10-6-18)28(30,31)32/h5-6,9-12,14,17,19,24H,3-4,7-8,13,15-16H2,1-2H3,(H,34,37)/t17?,19?,24-/m0/s1. The van der Waals surface area contributed by atoms with Gasteiger partial charge in [0.1, 0.15) is 0 Å². The summed E-state index contributed by atoms with van der Waals surface area (Å²) in [5.41, 5.74) is 0.808. The van der Waals surface area contributed by atoms with Gasteiger partial charge in [-0.25, -0.2) is 0 Å². The maximum atomic E-state index is 13.4. The summed E-state index contributed by atoms with van der Waals surface area (Å²) in [6, 6.07) is 7.90. The zero-order valence-electron chi connectivity index (χ0n) is 21.8. The first-order valence-electron chi connectivity index (χ1n) is 12.8. The van der Waals surface area contributed by atoms with Crippen LogP contribution in [-0.2, 0) is 27.0 Å². The van der Waals surface area contributed by atoms with Crippen LogP contribution < -0.4 is 5.32 Å². The predicted octanol–water partition coefficient (Wildman–Crippen LogP) is 5.87. The number of ether oxygens (including phenoxy) is 2. The molecule has 1 aliphatic carbocycles. The van der Waals surface area contributed by atoms with Crippen LogP contribution in [0.2, 0.25) is 5.02 Å². The Morgan fingerprint density at radius 3 is 2.41 bits per heavy atom. The summed E-state index contributed by atoms with van der Waals surface area (Å²) in [5, 5.41) is 8.42. The van der Waals surface area contributed by atoms with Crippen molar-refractivity contribution in [3.05, 3.63) is 64.3 Å². The van der Waals surface area contributed by atoms with Gasteiger partial charge >= 0.3 is 12.1 Å². The van der Waals surface area contributed by atoms with Crippen molar-refractivity contribution in [2.24, 2.45) is 11.8 Å². The average Bonchev–Trinajstić information content (AvgIpc) is 3.33. The highest BCUT2D eigenvalue weighted by Crippen LogP contribution is 2.34. The molecule has 1 aromatic heterocycles. The number of rotatable bonds is 9. The summed E-state index contributed by atoms with van der Waals surface area (Å²) in [6.45, 7) is 0.537. The van der Waals surface area contributed by atoms with E-state index in [-0.39, 0.29) is 36.3 Å². The van der Waals surface area contributed by atoms with E-state index in [1.165, 1.54) is 19.2 Å². The molecular weight excluding hydrogens is 535 g/mol. The Kier molecular flexibility index (Phi) is 9.17. The summed E-state index contributed by atoms with van der Waals surface area (Å²) in [4.78, 5) is 25.1. The second-order valence-corrected chi connectivity index (χ2v) is 10.4. The van der Waals surface area contributed by atoms with Crippen LogP contribution in [-0.4, -0.2) is 48.5 Å². The summed E-state index contributed by atoms with van der Waals surface area (Å²) in [6.07, 6.45) is 1.00. The molecule has 1 aliphatic rings. The van der Waals surface area contributed by atoms with Gasteiger partial charge in [0.2, 0.25) is 0 Å². The number of hydrogen-bond acceptors (Lipinski definition) is 5. The highest BCUT2D eigenvalue weighted by molar-refractivity contribution is 6.35. The lowest BCUT2D eigenvalue weighted by molar-refractivity contribution is -0.142. The monoisotopic (exact) mass is 565 g/mol. The summed E-state index contributed by atoms with van der Waals surface area (Å²) < 4.78 is 50.5. The number of carbonyl (C=O) groups excluding carboxylic acids is 2. The maximum absolute atomic E-state index is 13.4. The second kappa shape index (κ2) is 12.4. The van der Waals surface area contributed by atoms with E-state index in [0.717, 1.165) is 37.8 Å². The van der Waals surface area contributed by atoms with Crippen LogP contribution in [0.5, 0.6) is 0 Å². The third kappa shape index (κ3) is 6.91. The fraction of sp³-hybridized carbons (Fsp3) is 0.464. The number of alkyl halides is 3. The number of aromatic nitrogens is 2. The van der Waals surface area contributed by atoms with Gasteiger partial charge in [0, 0.05) is 18.9 Å². The predicted molar refractivity (Wildman–Crippen MR) is 141 cm³/mol. The fourth-order valence-electron chi connectivity index (χ4n) is 5.28. The van der Waals surface area contributed by atoms with Crippen molar-refractivity contribution in [2.75, 3.05) is 20.8 Å². The third-order valence-electron chi connectivity index (χ3n) is 7.42. The van der Waals surface area contributed by atoms with Crippen molar-refractivity contribution in [1.29, 1.82) is 0 Å². The number of hydrogen-bond donors (Lipinski definition) is 1. The van der Waals surface area contributed by atoms with E-state index in [4.69, 9.17) is 21.1 Å². The maximum Gasteiger partial charge on any atom is 0.416 e. The van der Waals surface area contributed by atoms with Crippen molar-refractivity contribution in [2.45, 2.75) is 50.9 Å². The van der Waals surface area contributed by atoms with Crippen LogP contribution in [0.15, 0.2) is 42.6 Å². The Labute approximate surface area is 229 Å². The molecule has 0 saturated heterocycles. The number of benzene rings is 2. The van der Waals surface area contributed by atoms with Gasteiger partial charge in [-0.15, -0.1) is 0 Å². The van der Waals surface area contributed by atoms with Crippen molar-refractivity contribution in [1.82, 2.24) is 15.1 Å². The number of fused-ring (bicyclic) bond motifs is 1. The minimum Gasteiger partial charge on any atom is -0.469 e. The topological polar surface area (TPSA) is 82.5 Å². The lowest BCUT2D eigenvalue weighted by Crippen LogP contribution is -2.44. The van der Waals surface area contributed by atoms with Gasteiger partial charge in [0.25, 0.3) is 5.91 Å². The van der Waals surface area contributed by atoms with E-state index < -0.39 is 11.7 Å². The number of amides is 1. The molecule has 0 aliphatic heterocycles. The SMILES string of the molecule is COC[C@H](NC(=O)c1ccc(Cl)c2c1cnn2Cc1ccc(C(F)(F)F)cc1)C1CCC(CC(=O)OC)CC1. The van der Waals surface area contributed by atoms with E-state index in [9.17, 15) is 22.8 Å². The minimum atomic E-state index is -4.41. The molecule has 1 N–H and O–H groups in total. The average molecular weight is 566 g/mol. The van der Waals surface area contributed by atoms with Crippen LogP contribution in [0.1, 0.15) is 53.6 Å². The van der Waals surface area contributed by atoms with Crippen LogP contribution in [0, 0.1) is 11.8 Å². The Bertz CT molecular complexity index is 1300. The third-order valence-corrected chi connectivity index (χ3v) is 7.72. The van der Waals surface area contributed by atoms with E-state index in [1.807, 2.05) is 0 Å². The summed E-state index contributed by atoms with van der Waals surface area (Å²) >= 11 is 6.47. The number of nitrogens with zero attached hydrogens (tertiary/aromatic N) is 2. The molecule has 1 amide bonds. The van der Waals surface area contributed by atoms with Crippen molar-refractivity contribution >= 4 is 34.4 Å². The van der Waals surface area contributed by atoms with Gasteiger partial charge in [-0.1, -0.05) is 23.7 Å². The molecule has 2 aromatic carbocycles. The molecule has 7 nitrogen and oxygen atoms in total. The lowest BCUT2D eigenvalue weighted by atomic mass is 9.77. The van der Waals surface area contributed by atoms with Gasteiger partial charge in [-0.05, 0) is 67.3 Å². The van der Waals surface area contributed by atoms with Crippen molar-refractivity contribution in [3.63, 3.8) is 0 Å². The Morgan fingerprint density at radius 1 is 1.10 bits per heavy atom. The van der Waals surface area contributed by atoms with Crippen molar-refractivity contribution in [3.8, 4) is 0 Å². The first kappa shape index (κ1) is 28.9. The van der Waals surface area contributed by atoms with E-state index in [2.05, 4.69) is 10.4 Å². The Hall–Kier alpha value is -3.11. The first-order chi connectivity index (χ1) is 18.6. The second-order valence-electron chi connectivity index (χ2n) is 9.95. The van der Waals surface area contributed by atoms with Gasteiger partial charge in [-0.3, -0.25) is 14.3 Å². The molecule has 0 bridgehead atoms. The fourth-order valence-corrected chi connectivity index (χ4v) is 5.55. The quantitative estimate of drug-likeness (QED) is 0.328. The van der Waals surface area contributed by atoms with E-state index >= 15 is 0 Å². The number of esters is 1. The van der Waals surface area contributed by atoms with E-state index in [0.29, 0.717) is 40.1 Å². The van der Waals surface area contributed by atoms with Crippen molar-refractivity contribution < 1.29 is 32.2 Å². The van der Waals surface area contributed by atoms with Crippen LogP contribution in [0.4, 0.5) is 13.2 Å². The minimum absolute atomic E-state index is 0.188. The summed E-state index contributed by atoms with van der Waals surface area (Å²) in [5.74, 6) is -0.0118. The molecule has 0 spiro atoms. The molecule has 3 aromatic rings. The van der Waals surface area contributed by atoms with Crippen LogP contribution >= 0.6 is 11.6 Å². The zero-order valence-corrected chi connectivity index (χ0v) is 22.5. The molecule has 1 atom stereocenters. The molecule has 0 unspecified atom stereocenters. The number of carbonyl (C=O) groups is 2. The molecule has 210 valence electrons. The van der Waals surface area contributed by atoms with Gasteiger partial charge in [0.05, 0.1) is 54.2 Å². The van der Waals surface area contributed by atoms with Gasteiger partial charge < -0.3 is 14.8 Å². The van der Waals surface area contributed by atoms with Crippen LogP contribution in [0.3, 0.4) is 0 Å². The molecular formula is C28H31ClF3N3O4. The van der Waals surface area contributed by atoms with E-state index in [1.54, 1.807) is 30.1 Å². The van der Waals surface area contributed by atoms with Gasteiger partial charge in [0.15, 0.2) is 0 Å². The zero-order chi connectivity index (χ0) is 28.2. The smallest absolute Gasteiger partial charge is 0.416 e. The Balaban J connectivity index is 1.49. The molecule has 0 radical (unpaired) electrons. The molecule has 1 saturated carbocycles. The number of nitrogens with one attached hydrogen (secondary N) is 1. The molecule has 1 fully saturated rings. The highest BCUT2D eigenvalue weighted by atomic mass is 35.5. The molecule has 39 heavy (non-hydrogen) atoms. The Morgan fingerprint density at radius 2 is 1.79 bits per heavy atom. The largest absolute Gasteiger partial charge is 0.469 e. The number of methoxy groups -OCH3 is 2. The first-order valence-corrected chi connectivity index (χ1v) is 13.1. The lowest BCUT2D eigenvalue weighted by Gasteiger charge is -2.33. The normalized spacial score (nSPS) is 18.6. The summed E-state index contributed by atoms with van der Waals surface area (Å²) in [7, 11) is 2.98. The van der Waals surface area contributed by atoms with Gasteiger partial charge in [-0.2, -0.15) is 18.3 Å². The van der Waals surface area contributed by atoms with Crippen LogP contribution in [0.25, 0.3) is 10.9 Å². The molecule has 11 heteroatoms. The molecule has 1 heterocycles. The highest BCUT2D eigenvalue weighted by Gasteiger charge is 2.31. The molecule has 4 rings (SSSR count).